The van der Waals surface area contributed by atoms with E-state index in [1.54, 1.807) is 12.1 Å². The Morgan fingerprint density at radius 1 is 1.08 bits per heavy atom. The highest BCUT2D eigenvalue weighted by Gasteiger charge is 2.25. The topological polar surface area (TPSA) is 91.4 Å². The summed E-state index contributed by atoms with van der Waals surface area (Å²) in [5.41, 5.74) is 6.37. The molecule has 0 fully saturated rings. The number of rotatable bonds is 5. The Balaban J connectivity index is 2.21. The third kappa shape index (κ3) is 3.47. The van der Waals surface area contributed by atoms with Crippen molar-refractivity contribution in [1.29, 1.82) is 0 Å². The first kappa shape index (κ1) is 18.1. The number of nitrogen functional groups attached to an aromatic ring is 1. The first-order valence-electron chi connectivity index (χ1n) is 7.57. The van der Waals surface area contributed by atoms with Gasteiger partial charge in [0.05, 0.1) is 17.6 Å². The molecule has 0 saturated carbocycles. The van der Waals surface area contributed by atoms with Crippen LogP contribution in [0.3, 0.4) is 0 Å². The highest BCUT2D eigenvalue weighted by molar-refractivity contribution is 8.00. The Kier molecular flexibility index (Phi) is 5.06. The standard InChI is InChI=1S/C18H16N2O4S2/c1-24-18(21)13-11-15(19)17(25-14-7-3-2-4-8-14)16(12-13)26(22,23)20-9-5-6-10-20/h2-12H,19H2,1H3. The molecule has 134 valence electrons. The molecule has 2 aromatic carbocycles. The molecule has 6 nitrogen and oxygen atoms in total. The second-order valence-corrected chi connectivity index (χ2v) is 8.21. The third-order valence-corrected chi connectivity index (χ3v) is 6.57. The van der Waals surface area contributed by atoms with E-state index < -0.39 is 16.0 Å². The smallest absolute Gasteiger partial charge is 0.337 e. The molecule has 26 heavy (non-hydrogen) atoms. The van der Waals surface area contributed by atoms with Crippen molar-refractivity contribution >= 4 is 33.4 Å². The minimum absolute atomic E-state index is 0.0528. The van der Waals surface area contributed by atoms with Crippen molar-refractivity contribution < 1.29 is 17.9 Å². The van der Waals surface area contributed by atoms with Gasteiger partial charge < -0.3 is 10.5 Å². The zero-order valence-corrected chi connectivity index (χ0v) is 15.5. The van der Waals surface area contributed by atoms with Gasteiger partial charge in [-0.2, -0.15) is 0 Å². The fourth-order valence-corrected chi connectivity index (χ4v) is 4.98. The number of hydrogen-bond acceptors (Lipinski definition) is 6. The van der Waals surface area contributed by atoms with Gasteiger partial charge in [-0.1, -0.05) is 30.0 Å². The van der Waals surface area contributed by atoms with Crippen molar-refractivity contribution in [2.24, 2.45) is 0 Å². The molecule has 2 N–H and O–H groups in total. The number of carbonyl (C=O) groups is 1. The molecular formula is C18H16N2O4S2. The predicted molar refractivity (Wildman–Crippen MR) is 99.8 cm³/mol. The van der Waals surface area contributed by atoms with Crippen molar-refractivity contribution in [3.8, 4) is 0 Å². The average Bonchev–Trinajstić information content (AvgIpc) is 3.19. The Hall–Kier alpha value is -2.71. The van der Waals surface area contributed by atoms with Crippen molar-refractivity contribution in [3.05, 3.63) is 72.6 Å². The average molecular weight is 388 g/mol. The van der Waals surface area contributed by atoms with Gasteiger partial charge in [-0.3, -0.25) is 0 Å². The minimum atomic E-state index is -3.93. The van der Waals surface area contributed by atoms with Crippen LogP contribution in [0.25, 0.3) is 0 Å². The van der Waals surface area contributed by atoms with Crippen molar-refractivity contribution in [2.45, 2.75) is 14.7 Å². The molecule has 8 heteroatoms. The van der Waals surface area contributed by atoms with Crippen molar-refractivity contribution in [2.75, 3.05) is 12.8 Å². The molecule has 3 rings (SSSR count). The number of aromatic nitrogens is 1. The lowest BCUT2D eigenvalue weighted by molar-refractivity contribution is 0.0600. The maximum atomic E-state index is 13.1. The van der Waals surface area contributed by atoms with E-state index in [-0.39, 0.29) is 16.1 Å². The van der Waals surface area contributed by atoms with E-state index in [4.69, 9.17) is 10.5 Å². The number of methoxy groups -OCH3 is 1. The number of nitrogens with zero attached hydrogens (tertiary/aromatic N) is 1. The predicted octanol–water partition coefficient (Wildman–Crippen LogP) is 3.25. The van der Waals surface area contributed by atoms with E-state index in [1.165, 1.54) is 43.4 Å². The number of nitrogens with two attached hydrogens (primary N) is 1. The summed E-state index contributed by atoms with van der Waals surface area (Å²) in [6, 6.07) is 15.2. The number of benzene rings is 2. The lowest BCUT2D eigenvalue weighted by Gasteiger charge is -2.15. The molecule has 0 amide bonds. The summed E-state index contributed by atoms with van der Waals surface area (Å²) < 4.78 is 31.9. The van der Waals surface area contributed by atoms with E-state index in [0.29, 0.717) is 4.90 Å². The molecule has 0 aliphatic heterocycles. The highest BCUT2D eigenvalue weighted by atomic mass is 32.2. The SMILES string of the molecule is COC(=O)c1cc(N)c(Sc2ccccc2)c(S(=O)(=O)n2cccc2)c1. The molecule has 0 atom stereocenters. The molecule has 0 aliphatic carbocycles. The molecule has 0 unspecified atom stereocenters. The number of hydrogen-bond donors (Lipinski definition) is 1. The van der Waals surface area contributed by atoms with Gasteiger partial charge in [-0.05, 0) is 36.4 Å². The van der Waals surface area contributed by atoms with Gasteiger partial charge in [-0.25, -0.2) is 17.2 Å². The quantitative estimate of drug-likeness (QED) is 0.533. The Labute approximate surface area is 155 Å². The molecule has 0 bridgehead atoms. The van der Waals surface area contributed by atoms with Crippen molar-refractivity contribution in [1.82, 2.24) is 3.97 Å². The zero-order valence-electron chi connectivity index (χ0n) is 13.8. The summed E-state index contributed by atoms with van der Waals surface area (Å²) in [6.07, 6.45) is 2.85. The number of esters is 1. The monoisotopic (exact) mass is 388 g/mol. The van der Waals surface area contributed by atoms with Gasteiger partial charge in [0.2, 0.25) is 0 Å². The molecule has 0 saturated heterocycles. The van der Waals surface area contributed by atoms with Gasteiger partial charge in [0.1, 0.15) is 4.90 Å². The summed E-state index contributed by atoms with van der Waals surface area (Å²) in [7, 11) is -2.70. The van der Waals surface area contributed by atoms with E-state index in [9.17, 15) is 13.2 Å². The van der Waals surface area contributed by atoms with Crippen LogP contribution in [-0.2, 0) is 14.8 Å². The Morgan fingerprint density at radius 3 is 2.35 bits per heavy atom. The molecule has 0 spiro atoms. The summed E-state index contributed by atoms with van der Waals surface area (Å²) in [4.78, 5) is 13.0. The molecule has 1 aromatic heterocycles. The Morgan fingerprint density at radius 2 is 1.73 bits per heavy atom. The van der Waals surface area contributed by atoms with Crippen LogP contribution in [0.2, 0.25) is 0 Å². The van der Waals surface area contributed by atoms with E-state index in [2.05, 4.69) is 0 Å². The van der Waals surface area contributed by atoms with Crippen LogP contribution in [0.5, 0.6) is 0 Å². The normalized spacial score (nSPS) is 11.3. The second-order valence-electron chi connectivity index (χ2n) is 5.32. The van der Waals surface area contributed by atoms with Gasteiger partial charge in [0, 0.05) is 23.0 Å². The second kappa shape index (κ2) is 7.27. The molecule has 3 aromatic rings. The maximum absolute atomic E-state index is 13.1. The van der Waals surface area contributed by atoms with Crippen LogP contribution in [-0.4, -0.2) is 25.5 Å². The summed E-state index contributed by atoms with van der Waals surface area (Å²) in [6.45, 7) is 0. The molecule has 0 radical (unpaired) electrons. The maximum Gasteiger partial charge on any atom is 0.337 e. The number of anilines is 1. The van der Waals surface area contributed by atoms with Crippen molar-refractivity contribution in [3.63, 3.8) is 0 Å². The molecule has 0 aliphatic rings. The Bertz CT molecular complexity index is 1030. The van der Waals surface area contributed by atoms with Crippen LogP contribution in [0, 0.1) is 0 Å². The third-order valence-electron chi connectivity index (χ3n) is 3.60. The van der Waals surface area contributed by atoms with Gasteiger partial charge in [-0.15, -0.1) is 0 Å². The van der Waals surface area contributed by atoms with Gasteiger partial charge in [0.15, 0.2) is 0 Å². The van der Waals surface area contributed by atoms with E-state index in [0.717, 1.165) is 8.87 Å². The van der Waals surface area contributed by atoms with Crippen LogP contribution < -0.4 is 5.73 Å². The summed E-state index contributed by atoms with van der Waals surface area (Å²) in [5.74, 6) is -0.656. The lowest BCUT2D eigenvalue weighted by atomic mass is 10.2. The minimum Gasteiger partial charge on any atom is -0.465 e. The van der Waals surface area contributed by atoms with Gasteiger partial charge in [0.25, 0.3) is 10.0 Å². The summed E-state index contributed by atoms with van der Waals surface area (Å²) in [5, 5.41) is 0. The largest absolute Gasteiger partial charge is 0.465 e. The lowest BCUT2D eigenvalue weighted by Crippen LogP contribution is -2.14. The summed E-state index contributed by atoms with van der Waals surface area (Å²) >= 11 is 1.22. The van der Waals surface area contributed by atoms with Gasteiger partial charge >= 0.3 is 5.97 Å². The number of carbonyl (C=O) groups excluding carboxylic acids is 1. The van der Waals surface area contributed by atoms with E-state index in [1.807, 2.05) is 30.3 Å². The molecular weight excluding hydrogens is 372 g/mol. The highest BCUT2D eigenvalue weighted by Crippen LogP contribution is 2.38. The number of ether oxygens (including phenoxy) is 1. The molecule has 1 heterocycles. The van der Waals surface area contributed by atoms with E-state index >= 15 is 0 Å². The first-order valence-corrected chi connectivity index (χ1v) is 9.82. The zero-order chi connectivity index (χ0) is 18.7. The fraction of sp³-hybridized carbons (Fsp3) is 0.0556. The van der Waals surface area contributed by atoms with Crippen LogP contribution in [0.15, 0.2) is 81.7 Å². The van der Waals surface area contributed by atoms with Crippen LogP contribution >= 0.6 is 11.8 Å². The van der Waals surface area contributed by atoms with Crippen LogP contribution in [0.4, 0.5) is 5.69 Å². The first-order chi connectivity index (χ1) is 12.4. The van der Waals surface area contributed by atoms with Crippen LogP contribution in [0.1, 0.15) is 10.4 Å². The fourth-order valence-electron chi connectivity index (χ4n) is 2.36.